The van der Waals surface area contributed by atoms with Gasteiger partial charge in [0.15, 0.2) is 11.6 Å². The molecule has 1 unspecified atom stereocenters. The topological polar surface area (TPSA) is 52.6 Å². The van der Waals surface area contributed by atoms with Gasteiger partial charge >= 0.3 is 6.03 Å². The number of carbonyl (C=O) groups excluding carboxylic acids is 1. The number of hydrogen-bond acceptors (Lipinski definition) is 2. The van der Waals surface area contributed by atoms with Gasteiger partial charge in [0, 0.05) is 19.2 Å². The first-order valence-electron chi connectivity index (χ1n) is 5.53. The lowest BCUT2D eigenvalue weighted by Crippen LogP contribution is -2.40. The summed E-state index contributed by atoms with van der Waals surface area (Å²) in [6.45, 7) is 1.57. The lowest BCUT2D eigenvalue weighted by atomic mass is 10.1. The van der Waals surface area contributed by atoms with Gasteiger partial charge in [0.05, 0.1) is 12.6 Å². The molecule has 0 saturated heterocycles. The molecule has 0 spiro atoms. The number of halogens is 2. The maximum atomic E-state index is 13.5. The summed E-state index contributed by atoms with van der Waals surface area (Å²) in [5.74, 6) is -1.91. The number of amides is 2. The van der Waals surface area contributed by atoms with Crippen molar-refractivity contribution in [2.45, 2.75) is 13.0 Å². The van der Waals surface area contributed by atoms with Crippen LogP contribution in [0, 0.1) is 11.6 Å². The van der Waals surface area contributed by atoms with Gasteiger partial charge in [0.1, 0.15) is 0 Å². The Balaban J connectivity index is 2.73. The molecule has 0 aromatic heterocycles. The average molecular weight is 258 g/mol. The van der Waals surface area contributed by atoms with Gasteiger partial charge in [-0.3, -0.25) is 0 Å². The Morgan fingerprint density at radius 1 is 1.50 bits per heavy atom. The van der Waals surface area contributed by atoms with Crippen LogP contribution in [0.1, 0.15) is 18.5 Å². The summed E-state index contributed by atoms with van der Waals surface area (Å²) in [5.41, 5.74) is 0.0840. The number of benzene rings is 1. The smallest absolute Gasteiger partial charge is 0.317 e. The molecule has 0 aliphatic rings. The van der Waals surface area contributed by atoms with Crippen LogP contribution in [0.4, 0.5) is 13.6 Å². The van der Waals surface area contributed by atoms with Crippen LogP contribution < -0.4 is 5.32 Å². The van der Waals surface area contributed by atoms with Crippen molar-refractivity contribution in [2.75, 3.05) is 20.2 Å². The summed E-state index contributed by atoms with van der Waals surface area (Å²) in [6, 6.07) is 2.70. The first-order chi connectivity index (χ1) is 8.47. The summed E-state index contributed by atoms with van der Waals surface area (Å²) in [4.78, 5) is 12.9. The van der Waals surface area contributed by atoms with Gasteiger partial charge < -0.3 is 15.3 Å². The number of aliphatic hydroxyl groups is 1. The maximum Gasteiger partial charge on any atom is 0.317 e. The van der Waals surface area contributed by atoms with E-state index in [9.17, 15) is 13.6 Å². The van der Waals surface area contributed by atoms with Gasteiger partial charge in [-0.2, -0.15) is 0 Å². The first-order valence-corrected chi connectivity index (χ1v) is 5.53. The SMILES string of the molecule is CC(NC(=O)N(C)CCO)c1cccc(F)c1F. The number of carbonyl (C=O) groups is 1. The molecule has 2 N–H and O–H groups in total. The van der Waals surface area contributed by atoms with E-state index in [2.05, 4.69) is 5.32 Å². The number of likely N-dealkylation sites (N-methyl/N-ethyl adjacent to an activating group) is 1. The van der Waals surface area contributed by atoms with E-state index in [1.54, 1.807) is 6.92 Å². The molecule has 100 valence electrons. The van der Waals surface area contributed by atoms with Gasteiger partial charge in [-0.05, 0) is 13.0 Å². The van der Waals surface area contributed by atoms with Crippen LogP contribution in [0.25, 0.3) is 0 Å². The van der Waals surface area contributed by atoms with Gasteiger partial charge in [0.25, 0.3) is 0 Å². The van der Waals surface area contributed by atoms with Crippen LogP contribution in [0.5, 0.6) is 0 Å². The van der Waals surface area contributed by atoms with E-state index in [4.69, 9.17) is 5.11 Å². The molecular weight excluding hydrogens is 242 g/mol. The minimum absolute atomic E-state index is 0.0840. The summed E-state index contributed by atoms with van der Waals surface area (Å²) < 4.78 is 26.5. The van der Waals surface area contributed by atoms with Gasteiger partial charge in [-0.15, -0.1) is 0 Å². The van der Waals surface area contributed by atoms with Crippen LogP contribution in [-0.2, 0) is 0 Å². The van der Waals surface area contributed by atoms with Gasteiger partial charge in [-0.1, -0.05) is 12.1 Å². The molecule has 1 aromatic carbocycles. The van der Waals surface area contributed by atoms with E-state index in [1.165, 1.54) is 24.1 Å². The van der Waals surface area contributed by atoms with E-state index in [0.717, 1.165) is 6.07 Å². The Hall–Kier alpha value is -1.69. The van der Waals surface area contributed by atoms with E-state index in [-0.39, 0.29) is 18.7 Å². The molecule has 2 amide bonds. The fraction of sp³-hybridized carbons (Fsp3) is 0.417. The normalized spacial score (nSPS) is 12.1. The third kappa shape index (κ3) is 3.40. The molecular formula is C12H16F2N2O2. The molecule has 1 atom stereocenters. The zero-order valence-electron chi connectivity index (χ0n) is 10.3. The summed E-state index contributed by atoms with van der Waals surface area (Å²) in [7, 11) is 1.50. The van der Waals surface area contributed by atoms with Crippen LogP contribution in [-0.4, -0.2) is 36.2 Å². The van der Waals surface area contributed by atoms with Crippen molar-refractivity contribution in [3.63, 3.8) is 0 Å². The van der Waals surface area contributed by atoms with Crippen LogP contribution in [0.15, 0.2) is 18.2 Å². The molecule has 0 fully saturated rings. The maximum absolute atomic E-state index is 13.5. The zero-order valence-corrected chi connectivity index (χ0v) is 10.3. The lowest BCUT2D eigenvalue weighted by Gasteiger charge is -2.21. The zero-order chi connectivity index (χ0) is 13.7. The molecule has 0 bridgehead atoms. The number of nitrogens with one attached hydrogen (secondary N) is 1. The van der Waals surface area contributed by atoms with E-state index in [1.807, 2.05) is 0 Å². The van der Waals surface area contributed by atoms with Crippen molar-refractivity contribution in [2.24, 2.45) is 0 Å². The molecule has 1 rings (SSSR count). The molecule has 0 heterocycles. The molecule has 0 aliphatic heterocycles. The molecule has 4 nitrogen and oxygen atoms in total. The van der Waals surface area contributed by atoms with Crippen molar-refractivity contribution in [1.82, 2.24) is 10.2 Å². The molecule has 1 aromatic rings. The molecule has 18 heavy (non-hydrogen) atoms. The fourth-order valence-corrected chi connectivity index (χ4v) is 1.48. The number of rotatable bonds is 4. The highest BCUT2D eigenvalue weighted by molar-refractivity contribution is 5.74. The Labute approximate surface area is 104 Å². The number of hydrogen-bond donors (Lipinski definition) is 2. The molecule has 0 radical (unpaired) electrons. The minimum Gasteiger partial charge on any atom is -0.395 e. The summed E-state index contributed by atoms with van der Waals surface area (Å²) in [5, 5.41) is 11.2. The lowest BCUT2D eigenvalue weighted by molar-refractivity contribution is 0.187. The Morgan fingerprint density at radius 2 is 2.17 bits per heavy atom. The third-order valence-corrected chi connectivity index (χ3v) is 2.57. The Morgan fingerprint density at radius 3 is 2.78 bits per heavy atom. The second-order valence-electron chi connectivity index (χ2n) is 3.96. The van der Waals surface area contributed by atoms with E-state index >= 15 is 0 Å². The highest BCUT2D eigenvalue weighted by atomic mass is 19.2. The van der Waals surface area contributed by atoms with Crippen LogP contribution in [0.3, 0.4) is 0 Å². The molecule has 0 saturated carbocycles. The monoisotopic (exact) mass is 258 g/mol. The summed E-state index contributed by atoms with van der Waals surface area (Å²) >= 11 is 0. The third-order valence-electron chi connectivity index (χ3n) is 2.57. The van der Waals surface area contributed by atoms with Gasteiger partial charge in [-0.25, -0.2) is 13.6 Å². The van der Waals surface area contributed by atoms with E-state index in [0.29, 0.717) is 0 Å². The highest BCUT2D eigenvalue weighted by Gasteiger charge is 2.17. The predicted molar refractivity (Wildman–Crippen MR) is 63.0 cm³/mol. The van der Waals surface area contributed by atoms with Crippen LogP contribution >= 0.6 is 0 Å². The average Bonchev–Trinajstić information content (AvgIpc) is 2.32. The quantitative estimate of drug-likeness (QED) is 0.863. The summed E-state index contributed by atoms with van der Waals surface area (Å²) in [6.07, 6.45) is 0. The van der Waals surface area contributed by atoms with Crippen molar-refractivity contribution >= 4 is 6.03 Å². The first kappa shape index (κ1) is 14.4. The highest BCUT2D eigenvalue weighted by Crippen LogP contribution is 2.18. The second kappa shape index (κ2) is 6.30. The predicted octanol–water partition coefficient (Wildman–Crippen LogP) is 1.66. The fourth-order valence-electron chi connectivity index (χ4n) is 1.48. The number of urea groups is 1. The van der Waals surface area contributed by atoms with Crippen molar-refractivity contribution < 1.29 is 18.7 Å². The van der Waals surface area contributed by atoms with Crippen LogP contribution in [0.2, 0.25) is 0 Å². The van der Waals surface area contributed by atoms with E-state index < -0.39 is 23.7 Å². The van der Waals surface area contributed by atoms with Crippen molar-refractivity contribution in [1.29, 1.82) is 0 Å². The Bertz CT molecular complexity index is 427. The standard InChI is InChI=1S/C12H16F2N2O2/c1-8(15-12(18)16(2)6-7-17)9-4-3-5-10(13)11(9)14/h3-5,8,17H,6-7H2,1-2H3,(H,15,18). The minimum atomic E-state index is -0.963. The number of nitrogens with zero attached hydrogens (tertiary/aromatic N) is 1. The molecule has 6 heteroatoms. The van der Waals surface area contributed by atoms with Gasteiger partial charge in [0.2, 0.25) is 0 Å². The van der Waals surface area contributed by atoms with Crippen molar-refractivity contribution in [3.8, 4) is 0 Å². The number of aliphatic hydroxyl groups excluding tert-OH is 1. The largest absolute Gasteiger partial charge is 0.395 e. The Kier molecular flexibility index (Phi) is 5.03. The van der Waals surface area contributed by atoms with Crippen molar-refractivity contribution in [3.05, 3.63) is 35.4 Å². The molecule has 0 aliphatic carbocycles. The second-order valence-corrected chi connectivity index (χ2v) is 3.96.